The highest BCUT2D eigenvalue weighted by Crippen LogP contribution is 2.21. The molecule has 4 nitrogen and oxygen atoms in total. The Bertz CT molecular complexity index is 422. The van der Waals surface area contributed by atoms with Gasteiger partial charge >= 0.3 is 0 Å². The first-order chi connectivity index (χ1) is 9.37. The maximum Gasteiger partial charge on any atom is 0.0522 e. The minimum atomic E-state index is 0.246. The van der Waals surface area contributed by atoms with Crippen LogP contribution in [-0.4, -0.2) is 45.9 Å². The van der Waals surface area contributed by atoms with Gasteiger partial charge in [-0.2, -0.15) is 5.10 Å². The topological polar surface area (TPSA) is 33.1 Å². The lowest BCUT2D eigenvalue weighted by molar-refractivity contribution is 0.0621. The van der Waals surface area contributed by atoms with Gasteiger partial charge in [0.1, 0.15) is 0 Å². The molecule has 0 bridgehead atoms. The Morgan fingerprint density at radius 2 is 2.20 bits per heavy atom. The molecular formula is C16H30N4. The number of nitrogens with one attached hydrogen (secondary N) is 1. The van der Waals surface area contributed by atoms with Gasteiger partial charge < -0.3 is 5.32 Å². The van der Waals surface area contributed by atoms with Crippen LogP contribution >= 0.6 is 0 Å². The van der Waals surface area contributed by atoms with Crippen LogP contribution in [-0.2, 0) is 13.5 Å². The van der Waals surface area contributed by atoms with Crippen molar-refractivity contribution in [3.05, 3.63) is 18.0 Å². The highest BCUT2D eigenvalue weighted by Gasteiger charge is 2.33. The summed E-state index contributed by atoms with van der Waals surface area (Å²) in [4.78, 5) is 2.64. The monoisotopic (exact) mass is 278 g/mol. The Kier molecular flexibility index (Phi) is 4.86. The maximum absolute atomic E-state index is 4.26. The van der Waals surface area contributed by atoms with Crippen LogP contribution in [0.15, 0.2) is 12.4 Å². The lowest BCUT2D eigenvalue weighted by Gasteiger charge is -2.46. The third-order valence-corrected chi connectivity index (χ3v) is 4.30. The van der Waals surface area contributed by atoms with Crippen LogP contribution in [0.25, 0.3) is 0 Å². The summed E-state index contributed by atoms with van der Waals surface area (Å²) in [5.41, 5.74) is 1.58. The van der Waals surface area contributed by atoms with Gasteiger partial charge in [-0.15, -0.1) is 0 Å². The van der Waals surface area contributed by atoms with E-state index in [9.17, 15) is 0 Å². The van der Waals surface area contributed by atoms with E-state index in [2.05, 4.69) is 49.2 Å². The Morgan fingerprint density at radius 3 is 2.80 bits per heavy atom. The third-order valence-electron chi connectivity index (χ3n) is 4.30. The van der Waals surface area contributed by atoms with Crippen molar-refractivity contribution in [3.8, 4) is 0 Å². The van der Waals surface area contributed by atoms with Crippen LogP contribution in [0.3, 0.4) is 0 Å². The number of piperazine rings is 1. The summed E-state index contributed by atoms with van der Waals surface area (Å²) in [6, 6.07) is 0.636. The summed E-state index contributed by atoms with van der Waals surface area (Å²) in [6.07, 6.45) is 6.47. The fourth-order valence-corrected chi connectivity index (χ4v) is 3.07. The number of hydrogen-bond donors (Lipinski definition) is 1. The van der Waals surface area contributed by atoms with Gasteiger partial charge in [-0.1, -0.05) is 13.8 Å². The molecule has 1 aliphatic heterocycles. The van der Waals surface area contributed by atoms with Crippen LogP contribution < -0.4 is 5.32 Å². The molecular weight excluding hydrogens is 248 g/mol. The van der Waals surface area contributed by atoms with E-state index < -0.39 is 0 Å². The Morgan fingerprint density at radius 1 is 1.45 bits per heavy atom. The van der Waals surface area contributed by atoms with Crippen LogP contribution in [0.2, 0.25) is 0 Å². The molecule has 0 aliphatic carbocycles. The van der Waals surface area contributed by atoms with E-state index in [1.165, 1.54) is 12.0 Å². The molecule has 1 aromatic heterocycles. The first-order valence-electron chi connectivity index (χ1n) is 7.83. The van der Waals surface area contributed by atoms with Crippen molar-refractivity contribution < 1.29 is 0 Å². The smallest absolute Gasteiger partial charge is 0.0522 e. The van der Waals surface area contributed by atoms with Crippen LogP contribution in [0, 0.1) is 5.92 Å². The molecule has 1 saturated heterocycles. The zero-order chi connectivity index (χ0) is 14.8. The second-order valence-corrected chi connectivity index (χ2v) is 7.24. The fourth-order valence-electron chi connectivity index (χ4n) is 3.07. The summed E-state index contributed by atoms with van der Waals surface area (Å²) in [5, 5.41) is 7.97. The number of rotatable bonds is 5. The van der Waals surface area contributed by atoms with Crippen LogP contribution in [0.4, 0.5) is 0 Å². The number of aromatic nitrogens is 2. The van der Waals surface area contributed by atoms with Crippen LogP contribution in [0.1, 0.15) is 39.7 Å². The highest BCUT2D eigenvalue weighted by molar-refractivity contribution is 5.05. The summed E-state index contributed by atoms with van der Waals surface area (Å²) in [5.74, 6) is 0.758. The minimum Gasteiger partial charge on any atom is -0.311 e. The number of hydrogen-bond acceptors (Lipinski definition) is 3. The molecule has 0 amide bonds. The molecule has 1 aliphatic rings. The normalized spacial score (nSPS) is 23.4. The molecule has 0 radical (unpaired) electrons. The molecule has 2 heterocycles. The Balaban J connectivity index is 1.92. The van der Waals surface area contributed by atoms with Crippen LogP contribution in [0.5, 0.6) is 0 Å². The average Bonchev–Trinajstić information content (AvgIpc) is 2.75. The SMILES string of the molecule is CC(C)CC1CN(CCc2cnn(C)c2)C(C)(C)CN1. The van der Waals surface area contributed by atoms with Gasteiger partial charge in [0.15, 0.2) is 0 Å². The molecule has 4 heteroatoms. The summed E-state index contributed by atoms with van der Waals surface area (Å²) in [7, 11) is 1.98. The predicted octanol–water partition coefficient (Wildman–Crippen LogP) is 2.06. The minimum absolute atomic E-state index is 0.246. The molecule has 1 aromatic rings. The van der Waals surface area contributed by atoms with Crippen molar-refractivity contribution in [2.75, 3.05) is 19.6 Å². The molecule has 1 fully saturated rings. The zero-order valence-electron chi connectivity index (χ0n) is 13.7. The van der Waals surface area contributed by atoms with Gasteiger partial charge in [-0.05, 0) is 38.2 Å². The highest BCUT2D eigenvalue weighted by atomic mass is 15.3. The fraction of sp³-hybridized carbons (Fsp3) is 0.812. The Labute approximate surface area is 123 Å². The van der Waals surface area contributed by atoms with Crippen molar-refractivity contribution in [2.45, 2.75) is 52.1 Å². The molecule has 114 valence electrons. The first kappa shape index (κ1) is 15.5. The molecule has 2 rings (SSSR count). The van der Waals surface area contributed by atoms with Crippen molar-refractivity contribution in [2.24, 2.45) is 13.0 Å². The van der Waals surface area contributed by atoms with E-state index in [1.807, 2.05) is 17.9 Å². The van der Waals surface area contributed by atoms with Gasteiger partial charge in [-0.3, -0.25) is 9.58 Å². The van der Waals surface area contributed by atoms with Gasteiger partial charge in [0.2, 0.25) is 0 Å². The van der Waals surface area contributed by atoms with E-state index in [0.717, 1.165) is 32.0 Å². The molecule has 1 atom stereocenters. The van der Waals surface area contributed by atoms with Crippen molar-refractivity contribution in [1.82, 2.24) is 20.0 Å². The number of nitrogens with zero attached hydrogens (tertiary/aromatic N) is 3. The zero-order valence-corrected chi connectivity index (χ0v) is 13.7. The van der Waals surface area contributed by atoms with Gasteiger partial charge in [0.25, 0.3) is 0 Å². The van der Waals surface area contributed by atoms with E-state index in [4.69, 9.17) is 0 Å². The van der Waals surface area contributed by atoms with Gasteiger partial charge in [0.05, 0.1) is 6.20 Å². The molecule has 0 aromatic carbocycles. The second kappa shape index (κ2) is 6.27. The molecule has 20 heavy (non-hydrogen) atoms. The van der Waals surface area contributed by atoms with E-state index in [1.54, 1.807) is 0 Å². The van der Waals surface area contributed by atoms with Crippen molar-refractivity contribution >= 4 is 0 Å². The Hall–Kier alpha value is -0.870. The number of aryl methyl sites for hydroxylation is 1. The maximum atomic E-state index is 4.26. The lowest BCUT2D eigenvalue weighted by atomic mass is 9.93. The summed E-state index contributed by atoms with van der Waals surface area (Å²) in [6.45, 7) is 12.7. The van der Waals surface area contributed by atoms with E-state index in [0.29, 0.717) is 6.04 Å². The largest absolute Gasteiger partial charge is 0.311 e. The van der Waals surface area contributed by atoms with Gasteiger partial charge in [-0.25, -0.2) is 0 Å². The molecule has 1 N–H and O–H groups in total. The first-order valence-corrected chi connectivity index (χ1v) is 7.83. The molecule has 0 saturated carbocycles. The summed E-state index contributed by atoms with van der Waals surface area (Å²) < 4.78 is 1.89. The van der Waals surface area contributed by atoms with Gasteiger partial charge in [0, 0.05) is 44.5 Å². The van der Waals surface area contributed by atoms with Crippen molar-refractivity contribution in [3.63, 3.8) is 0 Å². The van der Waals surface area contributed by atoms with Crippen molar-refractivity contribution in [1.29, 1.82) is 0 Å². The molecule has 1 unspecified atom stereocenters. The average molecular weight is 278 g/mol. The third kappa shape index (κ3) is 4.06. The molecule has 0 spiro atoms. The second-order valence-electron chi connectivity index (χ2n) is 7.24. The van der Waals surface area contributed by atoms with E-state index in [-0.39, 0.29) is 5.54 Å². The lowest BCUT2D eigenvalue weighted by Crippen LogP contribution is -2.62. The quantitative estimate of drug-likeness (QED) is 0.895. The van der Waals surface area contributed by atoms with E-state index >= 15 is 0 Å². The summed E-state index contributed by atoms with van der Waals surface area (Å²) >= 11 is 0. The standard InChI is InChI=1S/C16H30N4/c1-13(2)8-15-11-20(16(3,4)12-17-15)7-6-14-9-18-19(5)10-14/h9-10,13,15,17H,6-8,11-12H2,1-5H3. The predicted molar refractivity (Wildman–Crippen MR) is 83.8 cm³/mol.